The fourth-order valence-corrected chi connectivity index (χ4v) is 3.91. The molecule has 3 aromatic rings. The van der Waals surface area contributed by atoms with Crippen molar-refractivity contribution < 1.29 is 0 Å². The van der Waals surface area contributed by atoms with Crippen LogP contribution in [0.3, 0.4) is 0 Å². The van der Waals surface area contributed by atoms with Crippen molar-refractivity contribution in [1.29, 1.82) is 0 Å². The van der Waals surface area contributed by atoms with Crippen LogP contribution in [0.15, 0.2) is 42.5 Å². The first kappa shape index (κ1) is 21.7. The van der Waals surface area contributed by atoms with E-state index < -0.39 is 0 Å². The van der Waals surface area contributed by atoms with Gasteiger partial charge in [0.2, 0.25) is 0 Å². The fraction of sp³-hybridized carbons (Fsp3) is 0.381. The van der Waals surface area contributed by atoms with Gasteiger partial charge in [0.25, 0.3) is 0 Å². The maximum atomic E-state index is 5.70. The molecule has 1 aliphatic heterocycles. The Morgan fingerprint density at radius 3 is 2.78 bits per heavy atom. The van der Waals surface area contributed by atoms with E-state index in [9.17, 15) is 0 Å². The Bertz CT molecular complexity index is 877. The van der Waals surface area contributed by atoms with E-state index in [4.69, 9.17) is 10.7 Å². The largest absolute Gasteiger partial charge is 0.341 e. The number of nitrogens with zero attached hydrogens (tertiary/aromatic N) is 2. The zero-order valence-electron chi connectivity index (χ0n) is 15.6. The minimum absolute atomic E-state index is 0. The Morgan fingerprint density at radius 1 is 1.15 bits per heavy atom. The lowest BCUT2D eigenvalue weighted by atomic mass is 10.1. The standard InChI is InChI=1S/C21H26N4.2ClH/c1-15-7-8-18-19(12-15)24-21(23-18)20-6-3-11-25(20)14-17-5-2-4-16(13-17)9-10-22;;/h2,4-5,7-8,12-13,20H,3,6,9-11,14,22H2,1H3,(H,23,24);2*1H. The van der Waals surface area contributed by atoms with E-state index in [0.29, 0.717) is 12.6 Å². The van der Waals surface area contributed by atoms with Crippen LogP contribution in [0, 0.1) is 6.92 Å². The van der Waals surface area contributed by atoms with E-state index in [1.165, 1.54) is 29.5 Å². The summed E-state index contributed by atoms with van der Waals surface area (Å²) in [6.07, 6.45) is 3.34. The lowest BCUT2D eigenvalue weighted by molar-refractivity contribution is 0.241. The molecule has 0 radical (unpaired) electrons. The number of aromatic amines is 1. The molecule has 1 aliphatic rings. The molecule has 6 heteroatoms. The first-order valence-corrected chi connectivity index (χ1v) is 9.21. The molecular weight excluding hydrogens is 379 g/mol. The minimum Gasteiger partial charge on any atom is -0.341 e. The third kappa shape index (κ3) is 4.82. The van der Waals surface area contributed by atoms with Crippen molar-refractivity contribution in [1.82, 2.24) is 14.9 Å². The highest BCUT2D eigenvalue weighted by molar-refractivity contribution is 5.85. The van der Waals surface area contributed by atoms with Crippen molar-refractivity contribution in [3.8, 4) is 0 Å². The smallest absolute Gasteiger partial charge is 0.124 e. The van der Waals surface area contributed by atoms with Crippen molar-refractivity contribution in [2.24, 2.45) is 5.73 Å². The van der Waals surface area contributed by atoms with Crippen LogP contribution < -0.4 is 5.73 Å². The minimum atomic E-state index is 0. The number of aryl methyl sites for hydroxylation is 1. The second kappa shape index (κ2) is 9.56. The number of H-pyrrole nitrogens is 1. The lowest BCUT2D eigenvalue weighted by Crippen LogP contribution is -2.23. The summed E-state index contributed by atoms with van der Waals surface area (Å²) in [7, 11) is 0. The molecule has 146 valence electrons. The number of nitrogens with two attached hydrogens (primary N) is 1. The maximum absolute atomic E-state index is 5.70. The van der Waals surface area contributed by atoms with Crippen molar-refractivity contribution in [3.05, 3.63) is 65.0 Å². The molecule has 2 heterocycles. The molecule has 4 rings (SSSR count). The van der Waals surface area contributed by atoms with E-state index >= 15 is 0 Å². The number of aromatic nitrogens is 2. The average molecular weight is 407 g/mol. The highest BCUT2D eigenvalue weighted by Gasteiger charge is 2.28. The number of hydrogen-bond donors (Lipinski definition) is 2. The van der Waals surface area contributed by atoms with Gasteiger partial charge in [0.15, 0.2) is 0 Å². The van der Waals surface area contributed by atoms with E-state index in [1.54, 1.807) is 0 Å². The fourth-order valence-electron chi connectivity index (χ4n) is 3.91. The van der Waals surface area contributed by atoms with Gasteiger partial charge < -0.3 is 10.7 Å². The Kier molecular flexibility index (Phi) is 7.68. The molecule has 4 nitrogen and oxygen atoms in total. The molecule has 0 saturated carbocycles. The third-order valence-electron chi connectivity index (χ3n) is 5.15. The first-order chi connectivity index (χ1) is 12.2. The molecule has 3 N–H and O–H groups in total. The van der Waals surface area contributed by atoms with E-state index in [-0.39, 0.29) is 24.8 Å². The highest BCUT2D eigenvalue weighted by Crippen LogP contribution is 2.32. The van der Waals surface area contributed by atoms with Gasteiger partial charge >= 0.3 is 0 Å². The summed E-state index contributed by atoms with van der Waals surface area (Å²) in [5, 5.41) is 0. The number of imidazole rings is 1. The van der Waals surface area contributed by atoms with Crippen LogP contribution >= 0.6 is 24.8 Å². The number of likely N-dealkylation sites (tertiary alicyclic amines) is 1. The van der Waals surface area contributed by atoms with Crippen LogP contribution in [0.4, 0.5) is 0 Å². The number of benzene rings is 2. The van der Waals surface area contributed by atoms with Crippen LogP contribution in [0.1, 0.15) is 41.4 Å². The molecular formula is C21H28Cl2N4. The van der Waals surface area contributed by atoms with Crippen LogP contribution in [0.25, 0.3) is 11.0 Å². The molecule has 1 fully saturated rings. The third-order valence-corrected chi connectivity index (χ3v) is 5.15. The highest BCUT2D eigenvalue weighted by atomic mass is 35.5. The Morgan fingerprint density at radius 2 is 1.96 bits per heavy atom. The Balaban J connectivity index is 0.00000131. The van der Waals surface area contributed by atoms with Gasteiger partial charge in [-0.15, -0.1) is 24.8 Å². The zero-order chi connectivity index (χ0) is 17.2. The molecule has 0 spiro atoms. The van der Waals surface area contributed by atoms with Crippen LogP contribution in [-0.4, -0.2) is 28.0 Å². The van der Waals surface area contributed by atoms with Gasteiger partial charge in [0, 0.05) is 6.54 Å². The summed E-state index contributed by atoms with van der Waals surface area (Å²) in [4.78, 5) is 11.0. The van der Waals surface area contributed by atoms with Gasteiger partial charge in [-0.25, -0.2) is 4.98 Å². The molecule has 1 saturated heterocycles. The summed E-state index contributed by atoms with van der Waals surface area (Å²) in [6, 6.07) is 15.6. The van der Waals surface area contributed by atoms with Gasteiger partial charge in [0.05, 0.1) is 17.1 Å². The van der Waals surface area contributed by atoms with Crippen molar-refractivity contribution in [2.45, 2.75) is 38.8 Å². The van der Waals surface area contributed by atoms with Crippen molar-refractivity contribution >= 4 is 35.8 Å². The van der Waals surface area contributed by atoms with Crippen molar-refractivity contribution in [2.75, 3.05) is 13.1 Å². The van der Waals surface area contributed by atoms with E-state index in [2.05, 4.69) is 59.3 Å². The number of nitrogens with one attached hydrogen (secondary N) is 1. The monoisotopic (exact) mass is 406 g/mol. The topological polar surface area (TPSA) is 57.9 Å². The summed E-state index contributed by atoms with van der Waals surface area (Å²) >= 11 is 0. The number of fused-ring (bicyclic) bond motifs is 1. The quantitative estimate of drug-likeness (QED) is 0.652. The lowest BCUT2D eigenvalue weighted by Gasteiger charge is -2.23. The molecule has 27 heavy (non-hydrogen) atoms. The number of rotatable bonds is 5. The van der Waals surface area contributed by atoms with E-state index in [1.807, 2.05) is 0 Å². The second-order valence-corrected chi connectivity index (χ2v) is 7.13. The van der Waals surface area contributed by atoms with Gasteiger partial charge in [-0.05, 0) is 68.1 Å². The van der Waals surface area contributed by atoms with Crippen LogP contribution in [0.2, 0.25) is 0 Å². The second-order valence-electron chi connectivity index (χ2n) is 7.13. The predicted molar refractivity (Wildman–Crippen MR) is 117 cm³/mol. The zero-order valence-corrected chi connectivity index (χ0v) is 17.3. The Labute approximate surface area is 173 Å². The molecule has 0 bridgehead atoms. The van der Waals surface area contributed by atoms with Crippen LogP contribution in [-0.2, 0) is 13.0 Å². The SMILES string of the molecule is Cc1ccc2nc(C3CCCN3Cc3cccc(CCN)c3)[nH]c2c1.Cl.Cl. The molecule has 0 amide bonds. The summed E-state index contributed by atoms with van der Waals surface area (Å²) in [6.45, 7) is 4.92. The normalized spacial score (nSPS) is 16.9. The maximum Gasteiger partial charge on any atom is 0.124 e. The summed E-state index contributed by atoms with van der Waals surface area (Å²) in [5.74, 6) is 1.11. The molecule has 2 aromatic carbocycles. The van der Waals surface area contributed by atoms with E-state index in [0.717, 1.165) is 36.4 Å². The van der Waals surface area contributed by atoms with Gasteiger partial charge in [-0.3, -0.25) is 4.90 Å². The average Bonchev–Trinajstić information content (AvgIpc) is 3.21. The molecule has 0 aliphatic carbocycles. The first-order valence-electron chi connectivity index (χ1n) is 9.21. The van der Waals surface area contributed by atoms with Gasteiger partial charge in [-0.1, -0.05) is 30.3 Å². The van der Waals surface area contributed by atoms with Gasteiger partial charge in [0.1, 0.15) is 5.82 Å². The van der Waals surface area contributed by atoms with Gasteiger partial charge in [-0.2, -0.15) is 0 Å². The summed E-state index contributed by atoms with van der Waals surface area (Å²) in [5.41, 5.74) is 11.9. The number of hydrogen-bond acceptors (Lipinski definition) is 3. The molecule has 1 atom stereocenters. The predicted octanol–water partition coefficient (Wildman–Crippen LogP) is 4.55. The number of halogens is 2. The Hall–Kier alpha value is -1.59. The van der Waals surface area contributed by atoms with Crippen molar-refractivity contribution in [3.63, 3.8) is 0 Å². The summed E-state index contributed by atoms with van der Waals surface area (Å²) < 4.78 is 0. The molecule has 1 unspecified atom stereocenters. The van der Waals surface area contributed by atoms with Crippen LogP contribution in [0.5, 0.6) is 0 Å². The molecule has 1 aromatic heterocycles.